The van der Waals surface area contributed by atoms with E-state index in [0.29, 0.717) is 5.25 Å². The van der Waals surface area contributed by atoms with Crippen molar-refractivity contribution in [2.75, 3.05) is 19.0 Å². The van der Waals surface area contributed by atoms with Crippen LogP contribution in [-0.2, 0) is 4.74 Å². The number of hydrogen-bond acceptors (Lipinski definition) is 4. The highest BCUT2D eigenvalue weighted by atomic mass is 32.2. The zero-order valence-corrected chi connectivity index (χ0v) is 7.46. The highest BCUT2D eigenvalue weighted by molar-refractivity contribution is 7.99. The maximum atomic E-state index is 5.35. The standard InChI is InChI=1S/C8H10N2OS/c1-2-10-7(5-9-1)8-6-11-3-4-12-8/h1-2,5,8H,3-4,6H2. The third kappa shape index (κ3) is 1.76. The van der Waals surface area contributed by atoms with Crippen molar-refractivity contribution in [3.8, 4) is 0 Å². The molecule has 12 heavy (non-hydrogen) atoms. The Labute approximate surface area is 75.6 Å². The van der Waals surface area contributed by atoms with E-state index in [4.69, 9.17) is 4.74 Å². The molecule has 0 saturated carbocycles. The quantitative estimate of drug-likeness (QED) is 0.655. The Balaban J connectivity index is 2.08. The summed E-state index contributed by atoms with van der Waals surface area (Å²) in [6.45, 7) is 1.63. The van der Waals surface area contributed by atoms with Crippen LogP contribution in [0.25, 0.3) is 0 Å². The second-order valence-corrected chi connectivity index (χ2v) is 3.88. The zero-order chi connectivity index (χ0) is 8.23. The van der Waals surface area contributed by atoms with Crippen LogP contribution < -0.4 is 0 Å². The molecule has 1 aromatic rings. The average Bonchev–Trinajstić information content (AvgIpc) is 2.21. The van der Waals surface area contributed by atoms with E-state index in [-0.39, 0.29) is 0 Å². The van der Waals surface area contributed by atoms with Crippen molar-refractivity contribution in [1.82, 2.24) is 9.97 Å². The van der Waals surface area contributed by atoms with Crippen molar-refractivity contribution in [1.29, 1.82) is 0 Å². The normalized spacial score (nSPS) is 23.8. The van der Waals surface area contributed by atoms with Gasteiger partial charge in [-0.25, -0.2) is 0 Å². The van der Waals surface area contributed by atoms with Gasteiger partial charge in [-0.05, 0) is 0 Å². The summed E-state index contributed by atoms with van der Waals surface area (Å²) >= 11 is 1.89. The molecular formula is C8H10N2OS. The topological polar surface area (TPSA) is 35.0 Å². The van der Waals surface area contributed by atoms with Crippen molar-refractivity contribution in [2.45, 2.75) is 5.25 Å². The molecule has 0 bridgehead atoms. The molecule has 1 atom stereocenters. The molecule has 0 amide bonds. The fourth-order valence-electron chi connectivity index (χ4n) is 1.14. The molecule has 0 radical (unpaired) electrons. The molecule has 3 nitrogen and oxygen atoms in total. The number of hydrogen-bond donors (Lipinski definition) is 0. The second-order valence-electron chi connectivity index (χ2n) is 2.56. The lowest BCUT2D eigenvalue weighted by molar-refractivity contribution is 0.143. The van der Waals surface area contributed by atoms with Gasteiger partial charge in [-0.15, -0.1) is 11.8 Å². The largest absolute Gasteiger partial charge is 0.379 e. The van der Waals surface area contributed by atoms with Gasteiger partial charge in [0.1, 0.15) is 0 Å². The van der Waals surface area contributed by atoms with Crippen molar-refractivity contribution in [2.24, 2.45) is 0 Å². The van der Waals surface area contributed by atoms with Gasteiger partial charge in [-0.3, -0.25) is 9.97 Å². The zero-order valence-electron chi connectivity index (χ0n) is 6.64. The molecule has 1 aromatic heterocycles. The van der Waals surface area contributed by atoms with Gasteiger partial charge in [0.2, 0.25) is 0 Å². The number of aromatic nitrogens is 2. The van der Waals surface area contributed by atoms with Gasteiger partial charge in [0.15, 0.2) is 0 Å². The number of nitrogens with zero attached hydrogens (tertiary/aromatic N) is 2. The first-order valence-electron chi connectivity index (χ1n) is 3.92. The summed E-state index contributed by atoms with van der Waals surface area (Å²) in [5.74, 6) is 1.06. The van der Waals surface area contributed by atoms with Crippen LogP contribution in [0.1, 0.15) is 10.9 Å². The summed E-state index contributed by atoms with van der Waals surface area (Å²) < 4.78 is 5.35. The van der Waals surface area contributed by atoms with Crippen LogP contribution in [-0.4, -0.2) is 28.9 Å². The van der Waals surface area contributed by atoms with Gasteiger partial charge < -0.3 is 4.74 Å². The maximum Gasteiger partial charge on any atom is 0.0739 e. The number of rotatable bonds is 1. The van der Waals surface area contributed by atoms with Crippen molar-refractivity contribution >= 4 is 11.8 Å². The van der Waals surface area contributed by atoms with Gasteiger partial charge in [0.05, 0.1) is 24.2 Å². The summed E-state index contributed by atoms with van der Waals surface area (Å²) in [4.78, 5) is 8.27. The van der Waals surface area contributed by atoms with E-state index < -0.39 is 0 Å². The second kappa shape index (κ2) is 3.87. The van der Waals surface area contributed by atoms with Crippen LogP contribution in [0.4, 0.5) is 0 Å². The van der Waals surface area contributed by atoms with E-state index in [0.717, 1.165) is 24.7 Å². The first-order valence-corrected chi connectivity index (χ1v) is 4.97. The minimum Gasteiger partial charge on any atom is -0.379 e. The molecule has 1 saturated heterocycles. The van der Waals surface area contributed by atoms with Crippen LogP contribution in [0.15, 0.2) is 18.6 Å². The average molecular weight is 182 g/mol. The van der Waals surface area contributed by atoms with E-state index in [1.807, 2.05) is 18.0 Å². The lowest BCUT2D eigenvalue weighted by Crippen LogP contribution is -2.15. The third-order valence-corrected chi connectivity index (χ3v) is 2.91. The van der Waals surface area contributed by atoms with Crippen LogP contribution >= 0.6 is 11.8 Å². The smallest absolute Gasteiger partial charge is 0.0739 e. The van der Waals surface area contributed by atoms with Crippen LogP contribution in [0, 0.1) is 0 Å². The van der Waals surface area contributed by atoms with Gasteiger partial charge in [0.25, 0.3) is 0 Å². The highest BCUT2D eigenvalue weighted by Crippen LogP contribution is 2.29. The minimum atomic E-state index is 0.382. The monoisotopic (exact) mass is 182 g/mol. The van der Waals surface area contributed by atoms with E-state index in [1.165, 1.54) is 0 Å². The summed E-state index contributed by atoms with van der Waals surface area (Å²) in [6, 6.07) is 0. The van der Waals surface area contributed by atoms with E-state index in [1.54, 1.807) is 12.4 Å². The molecule has 1 aliphatic rings. The molecule has 4 heteroatoms. The number of thioether (sulfide) groups is 1. The van der Waals surface area contributed by atoms with Gasteiger partial charge >= 0.3 is 0 Å². The molecular weight excluding hydrogens is 172 g/mol. The molecule has 1 fully saturated rings. The molecule has 0 aliphatic carbocycles. The summed E-state index contributed by atoms with van der Waals surface area (Å²) in [5.41, 5.74) is 1.03. The first-order chi connectivity index (χ1) is 5.97. The molecule has 64 valence electrons. The Kier molecular flexibility index (Phi) is 2.58. The molecule has 0 N–H and O–H groups in total. The summed E-state index contributed by atoms with van der Waals surface area (Å²) in [5, 5.41) is 0.382. The lowest BCUT2D eigenvalue weighted by atomic mass is 10.3. The Bertz CT molecular complexity index is 236. The van der Waals surface area contributed by atoms with Crippen molar-refractivity contribution < 1.29 is 4.74 Å². The highest BCUT2D eigenvalue weighted by Gasteiger charge is 2.17. The maximum absolute atomic E-state index is 5.35. The third-order valence-electron chi connectivity index (χ3n) is 1.73. The van der Waals surface area contributed by atoms with E-state index >= 15 is 0 Å². The molecule has 1 unspecified atom stereocenters. The number of ether oxygens (including phenoxy) is 1. The molecule has 1 aliphatic heterocycles. The van der Waals surface area contributed by atoms with Crippen LogP contribution in [0.5, 0.6) is 0 Å². The fourth-order valence-corrected chi connectivity index (χ4v) is 2.12. The van der Waals surface area contributed by atoms with Crippen molar-refractivity contribution in [3.63, 3.8) is 0 Å². The van der Waals surface area contributed by atoms with Gasteiger partial charge in [0, 0.05) is 24.3 Å². The minimum absolute atomic E-state index is 0.382. The van der Waals surface area contributed by atoms with E-state index in [9.17, 15) is 0 Å². The lowest BCUT2D eigenvalue weighted by Gasteiger charge is -2.20. The SMILES string of the molecule is c1cnc(C2COCCS2)cn1. The van der Waals surface area contributed by atoms with Crippen LogP contribution in [0.2, 0.25) is 0 Å². The first kappa shape index (κ1) is 8.01. The van der Waals surface area contributed by atoms with Crippen LogP contribution in [0.3, 0.4) is 0 Å². The van der Waals surface area contributed by atoms with Crippen molar-refractivity contribution in [3.05, 3.63) is 24.3 Å². The Morgan fingerprint density at radius 3 is 3.17 bits per heavy atom. The molecule has 2 rings (SSSR count). The van der Waals surface area contributed by atoms with Gasteiger partial charge in [-0.1, -0.05) is 0 Å². The van der Waals surface area contributed by atoms with Gasteiger partial charge in [-0.2, -0.15) is 0 Å². The summed E-state index contributed by atoms with van der Waals surface area (Å²) in [7, 11) is 0. The predicted octanol–water partition coefficient (Wildman–Crippen LogP) is 1.28. The fraction of sp³-hybridized carbons (Fsp3) is 0.500. The summed E-state index contributed by atoms with van der Waals surface area (Å²) in [6.07, 6.45) is 5.23. The molecule has 0 aromatic carbocycles. The van der Waals surface area contributed by atoms with E-state index in [2.05, 4.69) is 9.97 Å². The predicted molar refractivity (Wildman–Crippen MR) is 48.1 cm³/mol. The Hall–Kier alpha value is -0.610. The molecule has 0 spiro atoms. The molecule has 2 heterocycles. The Morgan fingerprint density at radius 2 is 2.50 bits per heavy atom. The Morgan fingerprint density at radius 1 is 1.50 bits per heavy atom.